The van der Waals surface area contributed by atoms with Crippen molar-refractivity contribution in [3.63, 3.8) is 0 Å². The van der Waals surface area contributed by atoms with Gasteiger partial charge in [0.25, 0.3) is 0 Å². The van der Waals surface area contributed by atoms with Gasteiger partial charge in [-0.05, 0) is 55.7 Å². The highest BCUT2D eigenvalue weighted by Gasteiger charge is 2.10. The number of hydrogen-bond acceptors (Lipinski definition) is 6. The van der Waals surface area contributed by atoms with Gasteiger partial charge in [-0.15, -0.1) is 10.2 Å². The number of aromatic nitrogens is 2. The SMILES string of the molecule is COCCCCCOc1ccc(-c2nnc(-c3ccc(C(=O)O)cc3)s2)cc1. The van der Waals surface area contributed by atoms with Gasteiger partial charge in [0.1, 0.15) is 15.8 Å². The van der Waals surface area contributed by atoms with Crippen LogP contribution in [0.3, 0.4) is 0 Å². The number of hydrogen-bond donors (Lipinski definition) is 1. The fourth-order valence-electron chi connectivity index (χ4n) is 2.62. The summed E-state index contributed by atoms with van der Waals surface area (Å²) in [6.07, 6.45) is 3.15. The van der Waals surface area contributed by atoms with Crippen LogP contribution in [0.2, 0.25) is 0 Å². The Kier molecular flexibility index (Phi) is 7.11. The maximum Gasteiger partial charge on any atom is 0.335 e. The molecule has 0 spiro atoms. The quantitative estimate of drug-likeness (QED) is 0.496. The number of unbranched alkanes of at least 4 members (excludes halogenated alkanes) is 2. The molecule has 0 saturated carbocycles. The largest absolute Gasteiger partial charge is 0.494 e. The molecule has 0 atom stereocenters. The molecule has 6 nitrogen and oxygen atoms in total. The highest BCUT2D eigenvalue weighted by atomic mass is 32.1. The van der Waals surface area contributed by atoms with E-state index in [1.807, 2.05) is 24.3 Å². The van der Waals surface area contributed by atoms with Crippen molar-refractivity contribution >= 4 is 17.3 Å². The van der Waals surface area contributed by atoms with Gasteiger partial charge in [0, 0.05) is 24.8 Å². The molecule has 0 aliphatic heterocycles. The van der Waals surface area contributed by atoms with Crippen molar-refractivity contribution in [1.29, 1.82) is 0 Å². The zero-order chi connectivity index (χ0) is 19.8. The number of carbonyl (C=O) groups is 1. The lowest BCUT2D eigenvalue weighted by Gasteiger charge is -2.06. The summed E-state index contributed by atoms with van der Waals surface area (Å²) >= 11 is 1.47. The molecule has 7 heteroatoms. The van der Waals surface area contributed by atoms with Gasteiger partial charge < -0.3 is 14.6 Å². The molecule has 0 amide bonds. The summed E-state index contributed by atoms with van der Waals surface area (Å²) in [6.45, 7) is 1.49. The first-order valence-electron chi connectivity index (χ1n) is 9.07. The third-order valence-electron chi connectivity index (χ3n) is 4.17. The monoisotopic (exact) mass is 398 g/mol. The van der Waals surface area contributed by atoms with Crippen LogP contribution < -0.4 is 4.74 Å². The number of benzene rings is 2. The van der Waals surface area contributed by atoms with Crippen molar-refractivity contribution in [2.45, 2.75) is 19.3 Å². The standard InChI is InChI=1S/C21H22N2O4S/c1-26-13-3-2-4-14-27-18-11-9-16(10-12-18)20-23-22-19(28-20)15-5-7-17(8-6-15)21(24)25/h5-12H,2-4,13-14H2,1H3,(H,24,25). The molecule has 1 aromatic heterocycles. The molecule has 3 rings (SSSR count). The first-order valence-corrected chi connectivity index (χ1v) is 9.88. The van der Waals surface area contributed by atoms with Gasteiger partial charge in [-0.25, -0.2) is 4.79 Å². The van der Waals surface area contributed by atoms with Crippen LogP contribution in [0.5, 0.6) is 5.75 Å². The fraction of sp³-hybridized carbons (Fsp3) is 0.286. The summed E-state index contributed by atoms with van der Waals surface area (Å²) in [5, 5.41) is 19.0. The van der Waals surface area contributed by atoms with Gasteiger partial charge in [-0.2, -0.15) is 0 Å². The van der Waals surface area contributed by atoms with Gasteiger partial charge in [0.15, 0.2) is 0 Å². The van der Waals surface area contributed by atoms with Gasteiger partial charge in [-0.3, -0.25) is 0 Å². The fourth-order valence-corrected chi connectivity index (χ4v) is 3.48. The van der Waals surface area contributed by atoms with E-state index in [-0.39, 0.29) is 5.56 Å². The summed E-state index contributed by atoms with van der Waals surface area (Å²) in [5.74, 6) is -0.105. The van der Waals surface area contributed by atoms with Crippen LogP contribution >= 0.6 is 11.3 Å². The maximum absolute atomic E-state index is 10.9. The Bertz CT molecular complexity index is 892. The third kappa shape index (κ3) is 5.37. The van der Waals surface area contributed by atoms with Crippen LogP contribution in [-0.2, 0) is 4.74 Å². The molecule has 0 bridgehead atoms. The van der Waals surface area contributed by atoms with Crippen molar-refractivity contribution in [3.8, 4) is 26.9 Å². The van der Waals surface area contributed by atoms with Crippen LogP contribution in [0.4, 0.5) is 0 Å². The van der Waals surface area contributed by atoms with E-state index in [1.165, 1.54) is 11.3 Å². The maximum atomic E-state index is 10.9. The van der Waals surface area contributed by atoms with Crippen LogP contribution in [-0.4, -0.2) is 41.6 Å². The molecule has 0 fully saturated rings. The molecule has 0 aliphatic carbocycles. The molecule has 28 heavy (non-hydrogen) atoms. The van der Waals surface area contributed by atoms with E-state index in [1.54, 1.807) is 31.4 Å². The highest BCUT2D eigenvalue weighted by Crippen LogP contribution is 2.31. The first kappa shape index (κ1) is 20.0. The summed E-state index contributed by atoms with van der Waals surface area (Å²) < 4.78 is 10.8. The number of nitrogens with zero attached hydrogens (tertiary/aromatic N) is 2. The number of aromatic carboxylic acids is 1. The Labute approximate surface area is 167 Å². The van der Waals surface area contributed by atoms with Gasteiger partial charge in [0.05, 0.1) is 12.2 Å². The second-order valence-corrected chi connectivity index (χ2v) is 7.20. The third-order valence-corrected chi connectivity index (χ3v) is 5.19. The second kappa shape index (κ2) is 9.96. The zero-order valence-corrected chi connectivity index (χ0v) is 16.4. The Morgan fingerprint density at radius 3 is 2.04 bits per heavy atom. The molecule has 1 N–H and O–H groups in total. The second-order valence-electron chi connectivity index (χ2n) is 6.22. The summed E-state index contributed by atoms with van der Waals surface area (Å²) in [6, 6.07) is 14.4. The molecule has 3 aromatic rings. The topological polar surface area (TPSA) is 81.5 Å². The summed E-state index contributed by atoms with van der Waals surface area (Å²) in [5.41, 5.74) is 2.07. The molecule has 0 aliphatic rings. The molecular weight excluding hydrogens is 376 g/mol. The Morgan fingerprint density at radius 1 is 0.893 bits per heavy atom. The number of rotatable bonds is 10. The van der Waals surface area contributed by atoms with Crippen molar-refractivity contribution < 1.29 is 19.4 Å². The van der Waals surface area contributed by atoms with Crippen LogP contribution in [0.25, 0.3) is 21.1 Å². The van der Waals surface area contributed by atoms with Gasteiger partial charge >= 0.3 is 5.97 Å². The van der Waals surface area contributed by atoms with Crippen molar-refractivity contribution in [2.24, 2.45) is 0 Å². The Morgan fingerprint density at radius 2 is 1.46 bits per heavy atom. The first-order chi connectivity index (χ1) is 13.7. The molecule has 2 aromatic carbocycles. The van der Waals surface area contributed by atoms with E-state index in [0.717, 1.165) is 52.8 Å². The number of carboxylic acids is 1. The van der Waals surface area contributed by atoms with E-state index in [9.17, 15) is 4.79 Å². The lowest BCUT2D eigenvalue weighted by Crippen LogP contribution is -1.98. The minimum Gasteiger partial charge on any atom is -0.494 e. The van der Waals surface area contributed by atoms with Gasteiger partial charge in [-0.1, -0.05) is 23.5 Å². The summed E-state index contributed by atoms with van der Waals surface area (Å²) in [4.78, 5) is 10.9. The average Bonchev–Trinajstić information content (AvgIpc) is 3.21. The smallest absolute Gasteiger partial charge is 0.335 e. The molecular formula is C21H22N2O4S. The van der Waals surface area contributed by atoms with Crippen LogP contribution in [0.1, 0.15) is 29.6 Å². The average molecular weight is 398 g/mol. The van der Waals surface area contributed by atoms with Crippen LogP contribution in [0, 0.1) is 0 Å². The summed E-state index contributed by atoms with van der Waals surface area (Å²) in [7, 11) is 1.72. The van der Waals surface area contributed by atoms with E-state index >= 15 is 0 Å². The molecule has 146 valence electrons. The van der Waals surface area contributed by atoms with E-state index in [2.05, 4.69) is 10.2 Å². The number of ether oxygens (including phenoxy) is 2. The molecule has 1 heterocycles. The molecule has 0 unspecified atom stereocenters. The van der Waals surface area contributed by atoms with E-state index in [0.29, 0.717) is 6.61 Å². The predicted octanol–water partition coefficient (Wildman–Crippen LogP) is 4.77. The number of carboxylic acid groups (broad SMARTS) is 1. The lowest BCUT2D eigenvalue weighted by molar-refractivity contribution is 0.0697. The van der Waals surface area contributed by atoms with Crippen molar-refractivity contribution in [2.75, 3.05) is 20.3 Å². The molecule has 0 radical (unpaired) electrons. The minimum absolute atomic E-state index is 0.253. The van der Waals surface area contributed by atoms with E-state index < -0.39 is 5.97 Å². The van der Waals surface area contributed by atoms with Crippen molar-refractivity contribution in [1.82, 2.24) is 10.2 Å². The van der Waals surface area contributed by atoms with Gasteiger partial charge in [0.2, 0.25) is 0 Å². The minimum atomic E-state index is -0.943. The highest BCUT2D eigenvalue weighted by molar-refractivity contribution is 7.17. The predicted molar refractivity (Wildman–Crippen MR) is 109 cm³/mol. The van der Waals surface area contributed by atoms with Crippen molar-refractivity contribution in [3.05, 3.63) is 54.1 Å². The zero-order valence-electron chi connectivity index (χ0n) is 15.6. The lowest BCUT2D eigenvalue weighted by atomic mass is 10.1. The normalized spacial score (nSPS) is 10.8. The van der Waals surface area contributed by atoms with Crippen LogP contribution in [0.15, 0.2) is 48.5 Å². The Balaban J connectivity index is 1.58. The Hall–Kier alpha value is -2.77. The van der Waals surface area contributed by atoms with E-state index in [4.69, 9.17) is 14.6 Å². The molecule has 0 saturated heterocycles. The number of methoxy groups -OCH3 is 1.